The molecule has 2 aliphatic rings. The molecule has 1 nitrogen and oxygen atoms in total. The molecular formula is C24H34OS4Si2. The molecule has 4 rings (SSSR count). The van der Waals surface area contributed by atoms with Gasteiger partial charge in [-0.3, -0.25) is 0 Å². The monoisotopic (exact) mass is 522 g/mol. The summed E-state index contributed by atoms with van der Waals surface area (Å²) in [6.45, 7) is 9.99. The van der Waals surface area contributed by atoms with Gasteiger partial charge in [0.25, 0.3) is 0 Å². The standard InChI is InChI=1S/C24H34OS4Si2/c1-30(2,23(26-17-11-18-27-23)21-13-7-5-8-14-21)25-31(3,4)24(28-19-12-20-29-24)22-15-9-6-10-16-22/h5-10,13-16H,11-12,17-20H2,1-4H3. The van der Waals surface area contributed by atoms with Gasteiger partial charge in [0.15, 0.2) is 0 Å². The maximum absolute atomic E-state index is 7.61. The van der Waals surface area contributed by atoms with Crippen molar-refractivity contribution in [3.05, 3.63) is 71.8 Å². The van der Waals surface area contributed by atoms with Gasteiger partial charge in [0, 0.05) is 0 Å². The first-order chi connectivity index (χ1) is 14.8. The average molecular weight is 523 g/mol. The topological polar surface area (TPSA) is 9.23 Å². The van der Waals surface area contributed by atoms with Crippen LogP contribution in [0.1, 0.15) is 24.0 Å². The van der Waals surface area contributed by atoms with Crippen molar-refractivity contribution in [1.29, 1.82) is 0 Å². The second-order valence-electron chi connectivity index (χ2n) is 9.19. The Morgan fingerprint density at radius 1 is 0.581 bits per heavy atom. The molecule has 0 amide bonds. The van der Waals surface area contributed by atoms with E-state index in [0.717, 1.165) is 0 Å². The van der Waals surface area contributed by atoms with Gasteiger partial charge in [-0.05, 0) is 73.2 Å². The highest BCUT2D eigenvalue weighted by molar-refractivity contribution is 8.21. The van der Waals surface area contributed by atoms with Crippen LogP contribution in [0, 0.1) is 0 Å². The zero-order valence-electron chi connectivity index (χ0n) is 19.1. The van der Waals surface area contributed by atoms with E-state index in [1.54, 1.807) is 0 Å². The lowest BCUT2D eigenvalue weighted by molar-refractivity contribution is 0.524. The summed E-state index contributed by atoms with van der Waals surface area (Å²) in [5.41, 5.74) is 2.92. The summed E-state index contributed by atoms with van der Waals surface area (Å²) < 4.78 is 7.75. The van der Waals surface area contributed by atoms with Crippen LogP contribution >= 0.6 is 47.0 Å². The Labute approximate surface area is 207 Å². The molecule has 0 unspecified atom stereocenters. The molecule has 168 valence electrons. The quantitative estimate of drug-likeness (QED) is 0.355. The highest BCUT2D eigenvalue weighted by Gasteiger charge is 2.59. The van der Waals surface area contributed by atoms with Gasteiger partial charge >= 0.3 is 0 Å². The fraction of sp³-hybridized carbons (Fsp3) is 0.500. The summed E-state index contributed by atoms with van der Waals surface area (Å²) in [5.74, 6) is 4.93. The lowest BCUT2D eigenvalue weighted by atomic mass is 10.2. The molecule has 0 spiro atoms. The van der Waals surface area contributed by atoms with Crippen molar-refractivity contribution in [2.24, 2.45) is 0 Å². The number of rotatable bonds is 6. The summed E-state index contributed by atoms with van der Waals surface area (Å²) in [5, 5.41) is 0. The molecule has 31 heavy (non-hydrogen) atoms. The molecule has 0 aliphatic carbocycles. The minimum absolute atomic E-state index is 0.0681. The summed E-state index contributed by atoms with van der Waals surface area (Å²) in [7, 11) is -4.26. The second-order valence-corrected chi connectivity index (χ2v) is 24.8. The molecule has 0 aromatic heterocycles. The Morgan fingerprint density at radius 3 is 1.23 bits per heavy atom. The predicted molar refractivity (Wildman–Crippen MR) is 151 cm³/mol. The number of hydrogen-bond acceptors (Lipinski definition) is 5. The molecule has 2 aromatic carbocycles. The zero-order chi connectivity index (χ0) is 22.0. The van der Waals surface area contributed by atoms with Crippen LogP contribution in [0.3, 0.4) is 0 Å². The lowest BCUT2D eigenvalue weighted by Gasteiger charge is -2.54. The molecule has 0 atom stereocenters. The fourth-order valence-corrected chi connectivity index (χ4v) is 26.6. The number of thioether (sulfide) groups is 4. The van der Waals surface area contributed by atoms with Crippen LogP contribution in [-0.4, -0.2) is 39.6 Å². The third kappa shape index (κ3) is 4.62. The van der Waals surface area contributed by atoms with Crippen LogP contribution in [0.5, 0.6) is 0 Å². The fourth-order valence-electron chi connectivity index (χ4n) is 4.88. The molecular weight excluding hydrogens is 489 g/mol. The van der Waals surface area contributed by atoms with E-state index in [0.29, 0.717) is 0 Å². The SMILES string of the molecule is C[Si](C)(O[Si](C)(C)C1(c2ccccc2)SCCCS1)C1(c2ccccc2)SCCCS1. The van der Waals surface area contributed by atoms with Crippen LogP contribution in [-0.2, 0) is 11.5 Å². The van der Waals surface area contributed by atoms with Crippen molar-refractivity contribution in [2.75, 3.05) is 23.0 Å². The number of hydrogen-bond donors (Lipinski definition) is 0. The maximum Gasteiger partial charge on any atom is 0.205 e. The number of benzene rings is 2. The first kappa shape index (κ1) is 24.4. The van der Waals surface area contributed by atoms with Gasteiger partial charge in [0.1, 0.15) is 7.40 Å². The lowest BCUT2D eigenvalue weighted by Crippen LogP contribution is -2.62. The summed E-state index contributed by atoms with van der Waals surface area (Å²) in [6, 6.07) is 22.5. The highest BCUT2D eigenvalue weighted by Crippen LogP contribution is 2.60. The van der Waals surface area contributed by atoms with Crippen molar-refractivity contribution in [3.8, 4) is 0 Å². The minimum Gasteiger partial charge on any atom is -0.452 e. The molecule has 0 bridgehead atoms. The van der Waals surface area contributed by atoms with E-state index in [4.69, 9.17) is 4.12 Å². The average Bonchev–Trinajstić information content (AvgIpc) is 2.80. The maximum atomic E-state index is 7.61. The third-order valence-corrected chi connectivity index (χ3v) is 27.6. The van der Waals surface area contributed by atoms with E-state index in [2.05, 4.69) is 134 Å². The van der Waals surface area contributed by atoms with E-state index in [-0.39, 0.29) is 7.40 Å². The van der Waals surface area contributed by atoms with Gasteiger partial charge in [0.2, 0.25) is 16.6 Å². The third-order valence-electron chi connectivity index (χ3n) is 6.20. The van der Waals surface area contributed by atoms with Crippen LogP contribution in [0.2, 0.25) is 26.2 Å². The summed E-state index contributed by atoms with van der Waals surface area (Å²) in [6.07, 6.45) is 2.60. The van der Waals surface area contributed by atoms with Gasteiger partial charge in [-0.15, -0.1) is 47.0 Å². The van der Waals surface area contributed by atoms with Crippen molar-refractivity contribution in [2.45, 2.75) is 46.4 Å². The van der Waals surface area contributed by atoms with Crippen molar-refractivity contribution < 1.29 is 4.12 Å². The minimum atomic E-state index is -2.13. The molecule has 2 saturated heterocycles. The van der Waals surface area contributed by atoms with E-state index in [9.17, 15) is 0 Å². The van der Waals surface area contributed by atoms with Crippen LogP contribution in [0.4, 0.5) is 0 Å². The summed E-state index contributed by atoms with van der Waals surface area (Å²) in [4.78, 5) is 0. The molecule has 2 heterocycles. The normalized spacial score (nSPS) is 21.5. The first-order valence-electron chi connectivity index (χ1n) is 11.2. The van der Waals surface area contributed by atoms with Crippen molar-refractivity contribution in [1.82, 2.24) is 0 Å². The molecule has 0 N–H and O–H groups in total. The molecule has 7 heteroatoms. The first-order valence-corrected chi connectivity index (χ1v) is 21.0. The van der Waals surface area contributed by atoms with Crippen LogP contribution < -0.4 is 0 Å². The van der Waals surface area contributed by atoms with Gasteiger partial charge in [-0.1, -0.05) is 60.7 Å². The van der Waals surface area contributed by atoms with Crippen molar-refractivity contribution in [3.63, 3.8) is 0 Å². The Hall–Kier alpha value is 0.234. The van der Waals surface area contributed by atoms with Crippen molar-refractivity contribution >= 4 is 63.7 Å². The van der Waals surface area contributed by atoms with Gasteiger partial charge in [0.05, 0.1) is 0 Å². The Balaban J connectivity index is 1.74. The van der Waals surface area contributed by atoms with E-state index in [1.165, 1.54) is 47.0 Å². The van der Waals surface area contributed by atoms with E-state index in [1.807, 2.05) is 0 Å². The molecule has 2 fully saturated rings. The Kier molecular flexibility index (Phi) is 7.74. The molecule has 0 saturated carbocycles. The molecule has 0 radical (unpaired) electrons. The smallest absolute Gasteiger partial charge is 0.205 e. The van der Waals surface area contributed by atoms with E-state index >= 15 is 0 Å². The summed E-state index contributed by atoms with van der Waals surface area (Å²) >= 11 is 8.64. The van der Waals surface area contributed by atoms with Gasteiger partial charge in [-0.25, -0.2) is 0 Å². The van der Waals surface area contributed by atoms with Crippen LogP contribution in [0.25, 0.3) is 0 Å². The van der Waals surface area contributed by atoms with Gasteiger partial charge in [-0.2, -0.15) is 0 Å². The Morgan fingerprint density at radius 2 is 0.903 bits per heavy atom. The van der Waals surface area contributed by atoms with E-state index < -0.39 is 16.6 Å². The highest BCUT2D eigenvalue weighted by atomic mass is 32.2. The van der Waals surface area contributed by atoms with Gasteiger partial charge < -0.3 is 4.12 Å². The largest absolute Gasteiger partial charge is 0.452 e. The zero-order valence-corrected chi connectivity index (χ0v) is 24.3. The predicted octanol–water partition coefficient (Wildman–Crippen LogP) is 7.94. The van der Waals surface area contributed by atoms with Crippen LogP contribution in [0.15, 0.2) is 60.7 Å². The molecule has 2 aromatic rings. The second kappa shape index (κ2) is 9.84. The Bertz CT molecular complexity index is 777. The molecule has 2 aliphatic heterocycles.